The fraction of sp³-hybridized carbons (Fsp3) is 0.385. The third-order valence-corrected chi connectivity index (χ3v) is 5.77. The van der Waals surface area contributed by atoms with E-state index < -0.39 is 34.2 Å². The molecule has 1 atom stereocenters. The highest BCUT2D eigenvalue weighted by molar-refractivity contribution is 14.1. The molecule has 0 saturated carbocycles. The fourth-order valence-corrected chi connectivity index (χ4v) is 4.23. The molecule has 1 heterocycles. The van der Waals surface area contributed by atoms with E-state index in [-0.39, 0.29) is 17.9 Å². The molecule has 2 rings (SSSR count). The predicted octanol–water partition coefficient (Wildman–Crippen LogP) is 1.21. The minimum Gasteiger partial charge on any atom is -0.455 e. The SMILES string of the molecule is O=C(COC(=O)C1CCS(=O)(=O)C1)Nc1ccccc1I. The fourth-order valence-electron chi connectivity index (χ4n) is 1.98. The summed E-state index contributed by atoms with van der Waals surface area (Å²) in [7, 11) is -3.14. The van der Waals surface area contributed by atoms with Crippen molar-refractivity contribution >= 4 is 50.0 Å². The molecule has 114 valence electrons. The van der Waals surface area contributed by atoms with Crippen LogP contribution in [0.5, 0.6) is 0 Å². The van der Waals surface area contributed by atoms with Crippen LogP contribution in [0.3, 0.4) is 0 Å². The minimum absolute atomic E-state index is 0.00116. The lowest BCUT2D eigenvalue weighted by molar-refractivity contribution is -0.150. The van der Waals surface area contributed by atoms with Crippen molar-refractivity contribution in [2.24, 2.45) is 5.92 Å². The molecule has 0 aromatic heterocycles. The Kier molecular flexibility index (Phi) is 5.20. The summed E-state index contributed by atoms with van der Waals surface area (Å²) < 4.78 is 28.3. The van der Waals surface area contributed by atoms with Crippen LogP contribution in [0.4, 0.5) is 5.69 Å². The van der Waals surface area contributed by atoms with Crippen LogP contribution in [-0.2, 0) is 24.2 Å². The second-order valence-corrected chi connectivity index (χ2v) is 8.13. The first kappa shape index (κ1) is 16.2. The lowest BCUT2D eigenvalue weighted by atomic mass is 10.1. The number of nitrogens with one attached hydrogen (secondary N) is 1. The van der Waals surface area contributed by atoms with Crippen molar-refractivity contribution < 1.29 is 22.7 Å². The molecular formula is C13H14INO5S. The Morgan fingerprint density at radius 1 is 1.33 bits per heavy atom. The van der Waals surface area contributed by atoms with Crippen molar-refractivity contribution in [3.8, 4) is 0 Å². The highest BCUT2D eigenvalue weighted by atomic mass is 127. The number of amides is 1. The van der Waals surface area contributed by atoms with Crippen molar-refractivity contribution in [2.45, 2.75) is 6.42 Å². The summed E-state index contributed by atoms with van der Waals surface area (Å²) in [4.78, 5) is 23.4. The van der Waals surface area contributed by atoms with Gasteiger partial charge in [0, 0.05) is 3.57 Å². The van der Waals surface area contributed by atoms with Crippen LogP contribution < -0.4 is 5.32 Å². The molecule has 0 aliphatic carbocycles. The van der Waals surface area contributed by atoms with Crippen LogP contribution in [0, 0.1) is 9.49 Å². The normalized spacial score (nSPS) is 20.0. The zero-order chi connectivity index (χ0) is 15.5. The number of benzene rings is 1. The quantitative estimate of drug-likeness (QED) is 0.581. The Hall–Kier alpha value is -1.16. The monoisotopic (exact) mass is 423 g/mol. The number of carbonyl (C=O) groups excluding carboxylic acids is 2. The standard InChI is InChI=1S/C13H14INO5S/c14-10-3-1-2-4-11(10)15-12(16)7-20-13(17)9-5-6-21(18,19)8-9/h1-4,9H,5-8H2,(H,15,16). The van der Waals surface area contributed by atoms with Gasteiger partial charge in [0.25, 0.3) is 5.91 Å². The Labute approximate surface area is 136 Å². The van der Waals surface area contributed by atoms with E-state index in [0.29, 0.717) is 5.69 Å². The van der Waals surface area contributed by atoms with Crippen molar-refractivity contribution in [3.05, 3.63) is 27.8 Å². The maximum atomic E-state index is 11.7. The number of anilines is 1. The van der Waals surface area contributed by atoms with Gasteiger partial charge < -0.3 is 10.1 Å². The molecule has 1 saturated heterocycles. The van der Waals surface area contributed by atoms with Crippen molar-refractivity contribution in [3.63, 3.8) is 0 Å². The molecule has 6 nitrogen and oxygen atoms in total. The molecule has 1 aliphatic heterocycles. The van der Waals surface area contributed by atoms with Crippen LogP contribution >= 0.6 is 22.6 Å². The topological polar surface area (TPSA) is 89.5 Å². The highest BCUT2D eigenvalue weighted by Gasteiger charge is 2.34. The summed E-state index contributed by atoms with van der Waals surface area (Å²) in [5, 5.41) is 2.63. The number of halogens is 1. The number of hydrogen-bond acceptors (Lipinski definition) is 5. The van der Waals surface area contributed by atoms with E-state index in [4.69, 9.17) is 4.74 Å². The summed E-state index contributed by atoms with van der Waals surface area (Å²) in [5.41, 5.74) is 0.641. The third kappa shape index (κ3) is 4.67. The number of carbonyl (C=O) groups is 2. The van der Waals surface area contributed by atoms with E-state index >= 15 is 0 Å². The van der Waals surface area contributed by atoms with Gasteiger partial charge >= 0.3 is 5.97 Å². The molecule has 21 heavy (non-hydrogen) atoms. The van der Waals surface area contributed by atoms with E-state index in [2.05, 4.69) is 27.9 Å². The molecule has 0 spiro atoms. The van der Waals surface area contributed by atoms with E-state index in [0.717, 1.165) is 3.57 Å². The summed E-state index contributed by atoms with van der Waals surface area (Å²) in [6.45, 7) is -0.416. The first-order valence-electron chi connectivity index (χ1n) is 6.29. The van der Waals surface area contributed by atoms with Gasteiger partial charge in [-0.1, -0.05) is 12.1 Å². The molecular weight excluding hydrogens is 409 g/mol. The Morgan fingerprint density at radius 3 is 2.67 bits per heavy atom. The zero-order valence-electron chi connectivity index (χ0n) is 11.0. The van der Waals surface area contributed by atoms with E-state index in [1.807, 2.05) is 12.1 Å². The van der Waals surface area contributed by atoms with Crippen molar-refractivity contribution in [1.29, 1.82) is 0 Å². The minimum atomic E-state index is -3.14. The smallest absolute Gasteiger partial charge is 0.310 e. The molecule has 1 aliphatic rings. The Morgan fingerprint density at radius 2 is 2.05 bits per heavy atom. The molecule has 1 aromatic carbocycles. The molecule has 1 amide bonds. The average molecular weight is 423 g/mol. The number of sulfone groups is 1. The number of rotatable bonds is 4. The van der Waals surface area contributed by atoms with Crippen LogP contribution in [0.15, 0.2) is 24.3 Å². The first-order chi connectivity index (χ1) is 9.87. The van der Waals surface area contributed by atoms with Crippen LogP contribution in [0.1, 0.15) is 6.42 Å². The second-order valence-electron chi connectivity index (χ2n) is 4.74. The summed E-state index contributed by atoms with van der Waals surface area (Å²) in [6.07, 6.45) is 0.263. The third-order valence-electron chi connectivity index (χ3n) is 3.06. The van der Waals surface area contributed by atoms with Gasteiger partial charge in [0.05, 0.1) is 23.1 Å². The molecule has 1 N–H and O–H groups in total. The van der Waals surface area contributed by atoms with Crippen LogP contribution in [0.25, 0.3) is 0 Å². The average Bonchev–Trinajstić information content (AvgIpc) is 2.79. The lowest BCUT2D eigenvalue weighted by Crippen LogP contribution is -2.25. The van der Waals surface area contributed by atoms with Gasteiger partial charge in [0.2, 0.25) is 0 Å². The Balaban J connectivity index is 1.82. The van der Waals surface area contributed by atoms with Gasteiger partial charge in [0.15, 0.2) is 16.4 Å². The summed E-state index contributed by atoms with van der Waals surface area (Å²) in [6, 6.07) is 7.21. The van der Waals surface area contributed by atoms with Gasteiger partial charge in [0.1, 0.15) is 0 Å². The number of esters is 1. The van der Waals surface area contributed by atoms with Gasteiger partial charge in [-0.15, -0.1) is 0 Å². The van der Waals surface area contributed by atoms with Crippen molar-refractivity contribution in [2.75, 3.05) is 23.4 Å². The first-order valence-corrected chi connectivity index (χ1v) is 9.19. The van der Waals surface area contributed by atoms with Crippen molar-refractivity contribution in [1.82, 2.24) is 0 Å². The molecule has 1 aromatic rings. The van der Waals surface area contributed by atoms with Gasteiger partial charge in [-0.2, -0.15) is 0 Å². The maximum absolute atomic E-state index is 11.7. The Bertz CT molecular complexity index is 658. The van der Waals surface area contributed by atoms with Gasteiger partial charge in [-0.3, -0.25) is 9.59 Å². The van der Waals surface area contributed by atoms with Crippen LogP contribution in [0.2, 0.25) is 0 Å². The summed E-state index contributed by atoms with van der Waals surface area (Å²) >= 11 is 2.08. The largest absolute Gasteiger partial charge is 0.455 e. The molecule has 1 unspecified atom stereocenters. The zero-order valence-corrected chi connectivity index (χ0v) is 14.0. The predicted molar refractivity (Wildman–Crippen MR) is 85.5 cm³/mol. The van der Waals surface area contributed by atoms with Gasteiger partial charge in [-0.05, 0) is 41.1 Å². The second kappa shape index (κ2) is 6.73. The van der Waals surface area contributed by atoms with Crippen LogP contribution in [-0.4, -0.2) is 38.4 Å². The molecule has 0 radical (unpaired) electrons. The molecule has 8 heteroatoms. The number of para-hydroxylation sites is 1. The highest BCUT2D eigenvalue weighted by Crippen LogP contribution is 2.20. The number of hydrogen-bond donors (Lipinski definition) is 1. The van der Waals surface area contributed by atoms with E-state index in [9.17, 15) is 18.0 Å². The lowest BCUT2D eigenvalue weighted by Gasteiger charge is -2.10. The molecule has 1 fully saturated rings. The van der Waals surface area contributed by atoms with E-state index in [1.54, 1.807) is 12.1 Å². The summed E-state index contributed by atoms with van der Waals surface area (Å²) in [5.74, 6) is -1.92. The number of ether oxygens (including phenoxy) is 1. The van der Waals surface area contributed by atoms with Gasteiger partial charge in [-0.25, -0.2) is 8.42 Å². The maximum Gasteiger partial charge on any atom is 0.310 e. The molecule has 0 bridgehead atoms. The van der Waals surface area contributed by atoms with E-state index in [1.165, 1.54) is 0 Å².